The van der Waals surface area contributed by atoms with Crippen LogP contribution >= 0.6 is 0 Å². The van der Waals surface area contributed by atoms with Gasteiger partial charge < -0.3 is 39.4 Å². The van der Waals surface area contributed by atoms with E-state index in [9.17, 15) is 25.5 Å². The molecule has 0 saturated heterocycles. The lowest BCUT2D eigenvalue weighted by Crippen LogP contribution is -2.56. The van der Waals surface area contributed by atoms with Gasteiger partial charge in [0.1, 0.15) is 51.6 Å². The molecule has 8 nitrogen and oxygen atoms in total. The molecular formula is C34H26O8. The summed E-state index contributed by atoms with van der Waals surface area (Å²) in [5.74, 6) is -1.40. The fourth-order valence-corrected chi connectivity index (χ4v) is 7.11. The molecule has 5 N–H and O–H groups in total. The van der Waals surface area contributed by atoms with Crippen molar-refractivity contribution in [3.8, 4) is 51.6 Å². The number of hydrogen-bond donors (Lipinski definition) is 5. The smallest absolute Gasteiger partial charge is 0.285 e. The summed E-state index contributed by atoms with van der Waals surface area (Å²) in [5.41, 5.74) is 3.98. The summed E-state index contributed by atoms with van der Waals surface area (Å²) >= 11 is 0. The zero-order valence-corrected chi connectivity index (χ0v) is 22.4. The monoisotopic (exact) mass is 562 g/mol. The van der Waals surface area contributed by atoms with Crippen molar-refractivity contribution in [1.82, 2.24) is 0 Å². The Morgan fingerprint density at radius 2 is 1.48 bits per heavy atom. The van der Waals surface area contributed by atoms with E-state index in [0.717, 1.165) is 16.5 Å². The number of fused-ring (bicyclic) bond motifs is 5. The van der Waals surface area contributed by atoms with E-state index in [0.29, 0.717) is 46.0 Å². The van der Waals surface area contributed by atoms with Crippen molar-refractivity contribution in [2.45, 2.75) is 31.0 Å². The highest BCUT2D eigenvalue weighted by Gasteiger charge is 2.61. The van der Waals surface area contributed by atoms with E-state index in [1.54, 1.807) is 42.5 Å². The predicted octanol–water partition coefficient (Wildman–Crippen LogP) is 7.10. The highest BCUT2D eigenvalue weighted by molar-refractivity contribution is 5.84. The fraction of sp³-hybridized carbons (Fsp3) is 0.176. The zero-order chi connectivity index (χ0) is 28.9. The summed E-state index contributed by atoms with van der Waals surface area (Å²) in [7, 11) is 0. The fourth-order valence-electron chi connectivity index (χ4n) is 7.11. The first-order valence-corrected chi connectivity index (χ1v) is 13.7. The van der Waals surface area contributed by atoms with Crippen LogP contribution in [0.3, 0.4) is 0 Å². The molecule has 4 aromatic carbocycles. The predicted molar refractivity (Wildman–Crippen MR) is 153 cm³/mol. The van der Waals surface area contributed by atoms with Gasteiger partial charge in [0.25, 0.3) is 5.79 Å². The first-order chi connectivity index (χ1) is 20.2. The van der Waals surface area contributed by atoms with Gasteiger partial charge in [-0.25, -0.2) is 0 Å². The van der Waals surface area contributed by atoms with Gasteiger partial charge in [0.05, 0.1) is 11.5 Å². The van der Waals surface area contributed by atoms with Crippen molar-refractivity contribution in [2.24, 2.45) is 5.92 Å². The van der Waals surface area contributed by atoms with Gasteiger partial charge in [-0.3, -0.25) is 0 Å². The Morgan fingerprint density at radius 3 is 2.31 bits per heavy atom. The van der Waals surface area contributed by atoms with E-state index in [4.69, 9.17) is 13.9 Å². The molecule has 0 amide bonds. The van der Waals surface area contributed by atoms with Crippen LogP contribution in [0.4, 0.5) is 0 Å². The van der Waals surface area contributed by atoms with Crippen LogP contribution in [0.25, 0.3) is 22.3 Å². The molecule has 210 valence electrons. The van der Waals surface area contributed by atoms with E-state index in [2.05, 4.69) is 13.0 Å². The minimum Gasteiger partial charge on any atom is -0.508 e. The van der Waals surface area contributed by atoms with Crippen LogP contribution in [0.2, 0.25) is 0 Å². The van der Waals surface area contributed by atoms with Crippen LogP contribution < -0.4 is 9.47 Å². The van der Waals surface area contributed by atoms with Crippen LogP contribution in [0.5, 0.6) is 40.2 Å². The second-order valence-electron chi connectivity index (χ2n) is 11.4. The third-order valence-electron chi connectivity index (χ3n) is 8.78. The molecule has 8 heteroatoms. The summed E-state index contributed by atoms with van der Waals surface area (Å²) in [6.45, 7) is 2.05. The molecule has 4 atom stereocenters. The first kappa shape index (κ1) is 24.5. The number of phenols is 5. The highest BCUT2D eigenvalue weighted by atomic mass is 16.7. The summed E-state index contributed by atoms with van der Waals surface area (Å²) in [5, 5.41) is 53.9. The van der Waals surface area contributed by atoms with Crippen LogP contribution in [0, 0.1) is 5.92 Å². The maximum atomic E-state index is 11.5. The largest absolute Gasteiger partial charge is 0.508 e. The molecular weight excluding hydrogens is 536 g/mol. The third kappa shape index (κ3) is 3.41. The third-order valence-corrected chi connectivity index (χ3v) is 8.78. The van der Waals surface area contributed by atoms with Crippen LogP contribution in [0.1, 0.15) is 41.9 Å². The normalized spacial score (nSPS) is 23.6. The quantitative estimate of drug-likeness (QED) is 0.144. The van der Waals surface area contributed by atoms with Crippen molar-refractivity contribution in [2.75, 3.05) is 0 Å². The molecule has 5 aromatic rings. The molecule has 3 heterocycles. The summed E-state index contributed by atoms with van der Waals surface area (Å²) in [6.07, 6.45) is 2.80. The van der Waals surface area contributed by atoms with Gasteiger partial charge in [-0.1, -0.05) is 17.7 Å². The molecule has 1 aromatic heterocycles. The number of ether oxygens (including phenoxy) is 2. The van der Waals surface area contributed by atoms with Crippen LogP contribution in [-0.2, 0) is 5.79 Å². The minimum absolute atomic E-state index is 0.0283. The molecule has 2 aliphatic heterocycles. The van der Waals surface area contributed by atoms with Crippen molar-refractivity contribution in [3.05, 3.63) is 101 Å². The number of rotatable bonds is 2. The molecule has 0 bridgehead atoms. The standard InChI is InChI=1S/C34H26O8/c1-16-8-23-22-6-4-21(37)15-30(22)41-34(25-7-5-19(35)13-26(25)38)33(23)24(9-16)32-27(39)10-18(12-31(32)42-34)28-11-17-2-3-20(36)14-29(17)40-28/h2-7,9-15,23-24,33,35-39H,8H2,1H3/t23-,24-,33+,34+/m0/s1. The molecule has 42 heavy (non-hydrogen) atoms. The maximum Gasteiger partial charge on any atom is 0.285 e. The van der Waals surface area contributed by atoms with Gasteiger partial charge in [0.15, 0.2) is 0 Å². The Bertz CT molecular complexity index is 1970. The van der Waals surface area contributed by atoms with E-state index in [-0.39, 0.29) is 40.6 Å². The second kappa shape index (κ2) is 8.39. The second-order valence-corrected chi connectivity index (χ2v) is 11.4. The van der Waals surface area contributed by atoms with Crippen molar-refractivity contribution in [3.63, 3.8) is 0 Å². The molecule has 3 aliphatic rings. The average molecular weight is 563 g/mol. The highest BCUT2D eigenvalue weighted by Crippen LogP contribution is 2.65. The zero-order valence-electron chi connectivity index (χ0n) is 22.4. The van der Waals surface area contributed by atoms with Crippen molar-refractivity contribution < 1.29 is 39.4 Å². The van der Waals surface area contributed by atoms with Gasteiger partial charge in [-0.2, -0.15) is 0 Å². The number of furan rings is 1. The SMILES string of the molecule is CC1=C[C@H]2c3c(O)cc(-c4cc5ccc(O)cc5o4)cc3O[C@@]3(c4ccc(O)cc4O)Oc4cc(O)ccc4[C@H](C1)[C@H]23. The Kier molecular flexibility index (Phi) is 4.90. The van der Waals surface area contributed by atoms with Gasteiger partial charge in [-0.15, -0.1) is 0 Å². The Labute approximate surface area is 239 Å². The van der Waals surface area contributed by atoms with Gasteiger partial charge in [0.2, 0.25) is 0 Å². The number of aromatic hydroxyl groups is 5. The van der Waals surface area contributed by atoms with Crippen LogP contribution in [-0.4, -0.2) is 25.5 Å². The Morgan fingerprint density at radius 1 is 0.738 bits per heavy atom. The summed E-state index contributed by atoms with van der Waals surface area (Å²) in [6, 6.07) is 19.4. The number of benzene rings is 4. The number of phenolic OH excluding ortho intramolecular Hbond substituents is 5. The maximum absolute atomic E-state index is 11.5. The van der Waals surface area contributed by atoms with Crippen molar-refractivity contribution >= 4 is 11.0 Å². The minimum atomic E-state index is -1.57. The molecule has 0 radical (unpaired) electrons. The Hall–Kier alpha value is -5.24. The number of allylic oxidation sites excluding steroid dienone is 2. The van der Waals surface area contributed by atoms with E-state index in [1.807, 2.05) is 12.1 Å². The summed E-state index contributed by atoms with van der Waals surface area (Å²) < 4.78 is 19.5. The lowest BCUT2D eigenvalue weighted by molar-refractivity contribution is -0.198. The topological polar surface area (TPSA) is 133 Å². The van der Waals surface area contributed by atoms with Gasteiger partial charge >= 0.3 is 0 Å². The molecule has 1 aliphatic carbocycles. The van der Waals surface area contributed by atoms with E-state index < -0.39 is 11.7 Å². The summed E-state index contributed by atoms with van der Waals surface area (Å²) in [4.78, 5) is 0. The first-order valence-electron chi connectivity index (χ1n) is 13.7. The average Bonchev–Trinajstić information content (AvgIpc) is 3.35. The van der Waals surface area contributed by atoms with Gasteiger partial charge in [0, 0.05) is 46.5 Å². The lowest BCUT2D eigenvalue weighted by atomic mass is 9.61. The van der Waals surface area contributed by atoms with Gasteiger partial charge in [-0.05, 0) is 67.4 Å². The molecule has 0 unspecified atom stereocenters. The molecule has 0 spiro atoms. The molecule has 0 saturated carbocycles. The van der Waals surface area contributed by atoms with Crippen LogP contribution in [0.15, 0.2) is 88.9 Å². The number of hydrogen-bond acceptors (Lipinski definition) is 8. The van der Waals surface area contributed by atoms with E-state index in [1.165, 1.54) is 18.2 Å². The van der Waals surface area contributed by atoms with E-state index >= 15 is 0 Å². The van der Waals surface area contributed by atoms with Crippen molar-refractivity contribution in [1.29, 1.82) is 0 Å². The molecule has 8 rings (SSSR count). The molecule has 0 fully saturated rings. The lowest BCUT2D eigenvalue weighted by Gasteiger charge is -2.55. The Balaban J connectivity index is 1.38.